The molecule has 1 aliphatic heterocycles. The molecule has 2 aromatic heterocycles. The topological polar surface area (TPSA) is 74.2 Å². The van der Waals surface area contributed by atoms with Gasteiger partial charge in [0.15, 0.2) is 0 Å². The number of amides is 1. The van der Waals surface area contributed by atoms with Crippen molar-refractivity contribution in [1.82, 2.24) is 20.0 Å². The van der Waals surface area contributed by atoms with E-state index in [-0.39, 0.29) is 11.9 Å². The van der Waals surface area contributed by atoms with Crippen molar-refractivity contribution in [3.05, 3.63) is 94.5 Å². The van der Waals surface area contributed by atoms with Gasteiger partial charge in [-0.25, -0.2) is 9.99 Å². The number of H-pyrrole nitrogens is 1. The number of imidazole rings is 1. The average Bonchev–Trinajstić information content (AvgIpc) is 3.39. The molecule has 4 aromatic rings. The summed E-state index contributed by atoms with van der Waals surface area (Å²) in [5.74, 6) is 0.523. The molecule has 0 aliphatic carbocycles. The third kappa shape index (κ3) is 3.34. The molecule has 1 amide bonds. The standard InChI is InChI=1S/C22H16BrN5O/c23-16-9-7-14(8-10-16)19-12-20(21-25-17-5-1-2-6-18(17)26-21)28(27-19)22(29)15-4-3-11-24-13-15/h1-11,13,20H,12H2,(H,25,26). The van der Waals surface area contributed by atoms with Crippen molar-refractivity contribution in [3.8, 4) is 0 Å². The van der Waals surface area contributed by atoms with Gasteiger partial charge in [-0.15, -0.1) is 0 Å². The van der Waals surface area contributed by atoms with E-state index in [9.17, 15) is 4.79 Å². The number of para-hydroxylation sites is 2. The number of hydrogen-bond donors (Lipinski definition) is 1. The predicted molar refractivity (Wildman–Crippen MR) is 115 cm³/mol. The van der Waals surface area contributed by atoms with Gasteiger partial charge < -0.3 is 4.98 Å². The smallest absolute Gasteiger partial charge is 0.276 e. The molecular formula is C22H16BrN5O. The number of aromatic nitrogens is 3. The maximum absolute atomic E-state index is 13.2. The van der Waals surface area contributed by atoms with E-state index in [1.807, 2.05) is 48.5 Å². The van der Waals surface area contributed by atoms with Crippen LogP contribution in [0.1, 0.15) is 34.2 Å². The first-order valence-electron chi connectivity index (χ1n) is 9.21. The molecule has 6 nitrogen and oxygen atoms in total. The van der Waals surface area contributed by atoms with Gasteiger partial charge in [-0.05, 0) is 42.0 Å². The number of carbonyl (C=O) groups is 1. The predicted octanol–water partition coefficient (Wildman–Crippen LogP) is 4.71. The molecule has 29 heavy (non-hydrogen) atoms. The lowest BCUT2D eigenvalue weighted by molar-refractivity contribution is 0.0705. The summed E-state index contributed by atoms with van der Waals surface area (Å²) in [4.78, 5) is 25.3. The SMILES string of the molecule is O=C(c1cccnc1)N1N=C(c2ccc(Br)cc2)CC1c1nc2ccccc2[nH]1. The maximum atomic E-state index is 13.2. The van der Waals surface area contributed by atoms with Crippen LogP contribution in [0.3, 0.4) is 0 Å². The summed E-state index contributed by atoms with van der Waals surface area (Å²) in [6.07, 6.45) is 3.78. The Morgan fingerprint density at radius 2 is 1.90 bits per heavy atom. The lowest BCUT2D eigenvalue weighted by Crippen LogP contribution is -2.27. The normalized spacial score (nSPS) is 16.2. The van der Waals surface area contributed by atoms with Crippen LogP contribution >= 0.6 is 15.9 Å². The highest BCUT2D eigenvalue weighted by atomic mass is 79.9. The molecule has 0 radical (unpaired) electrons. The van der Waals surface area contributed by atoms with Crippen LogP contribution in [0.4, 0.5) is 0 Å². The van der Waals surface area contributed by atoms with Gasteiger partial charge in [0.05, 0.1) is 22.3 Å². The second-order valence-corrected chi connectivity index (χ2v) is 7.72. The molecule has 2 aromatic carbocycles. The Hall–Kier alpha value is -3.32. The Kier molecular flexibility index (Phi) is 4.44. The first kappa shape index (κ1) is 17.8. The monoisotopic (exact) mass is 445 g/mol. The molecule has 1 atom stereocenters. The fourth-order valence-corrected chi connectivity index (χ4v) is 3.74. The zero-order chi connectivity index (χ0) is 19.8. The maximum Gasteiger partial charge on any atom is 0.276 e. The third-order valence-electron chi connectivity index (χ3n) is 4.93. The zero-order valence-corrected chi connectivity index (χ0v) is 16.9. The van der Waals surface area contributed by atoms with E-state index >= 15 is 0 Å². The van der Waals surface area contributed by atoms with E-state index in [1.165, 1.54) is 5.01 Å². The van der Waals surface area contributed by atoms with E-state index in [4.69, 9.17) is 4.98 Å². The van der Waals surface area contributed by atoms with E-state index in [0.29, 0.717) is 12.0 Å². The number of hydrogen-bond acceptors (Lipinski definition) is 4. The Balaban J connectivity index is 1.56. The highest BCUT2D eigenvalue weighted by Crippen LogP contribution is 2.33. The molecule has 142 valence electrons. The molecule has 0 spiro atoms. The van der Waals surface area contributed by atoms with E-state index in [2.05, 4.69) is 31.0 Å². The van der Waals surface area contributed by atoms with Gasteiger partial charge in [-0.1, -0.05) is 40.2 Å². The quantitative estimate of drug-likeness (QED) is 0.495. The van der Waals surface area contributed by atoms with Gasteiger partial charge >= 0.3 is 0 Å². The number of rotatable bonds is 3. The number of aromatic amines is 1. The van der Waals surface area contributed by atoms with Crippen molar-refractivity contribution < 1.29 is 4.79 Å². The van der Waals surface area contributed by atoms with Gasteiger partial charge in [0, 0.05) is 23.3 Å². The Morgan fingerprint density at radius 1 is 1.07 bits per heavy atom. The summed E-state index contributed by atoms with van der Waals surface area (Å²) in [5.41, 5.74) is 4.13. The molecule has 5 rings (SSSR count). The molecule has 1 aliphatic rings. The molecule has 0 fully saturated rings. The second kappa shape index (κ2) is 7.25. The first-order valence-corrected chi connectivity index (χ1v) is 10.00. The fraction of sp³-hybridized carbons (Fsp3) is 0.0909. The third-order valence-corrected chi connectivity index (χ3v) is 5.46. The second-order valence-electron chi connectivity index (χ2n) is 6.80. The number of pyridine rings is 1. The van der Waals surface area contributed by atoms with Crippen LogP contribution < -0.4 is 0 Å². The first-order chi connectivity index (χ1) is 14.2. The Bertz CT molecular complexity index is 1180. The Labute approximate surface area is 175 Å². The minimum atomic E-state index is -0.311. The van der Waals surface area contributed by atoms with Crippen molar-refractivity contribution in [2.75, 3.05) is 0 Å². The highest BCUT2D eigenvalue weighted by molar-refractivity contribution is 9.10. The van der Waals surface area contributed by atoms with Crippen LogP contribution in [-0.4, -0.2) is 31.6 Å². The van der Waals surface area contributed by atoms with E-state index in [0.717, 1.165) is 32.6 Å². The van der Waals surface area contributed by atoms with Gasteiger partial charge in [-0.2, -0.15) is 5.10 Å². The van der Waals surface area contributed by atoms with Crippen molar-refractivity contribution in [3.63, 3.8) is 0 Å². The van der Waals surface area contributed by atoms with E-state index < -0.39 is 0 Å². The minimum absolute atomic E-state index is 0.198. The van der Waals surface area contributed by atoms with Gasteiger partial charge in [0.25, 0.3) is 5.91 Å². The number of nitrogens with zero attached hydrogens (tertiary/aromatic N) is 4. The van der Waals surface area contributed by atoms with Crippen molar-refractivity contribution >= 4 is 38.6 Å². The molecule has 1 unspecified atom stereocenters. The van der Waals surface area contributed by atoms with Gasteiger partial charge in [0.1, 0.15) is 11.9 Å². The van der Waals surface area contributed by atoms with Crippen LogP contribution in [0, 0.1) is 0 Å². The summed E-state index contributed by atoms with van der Waals surface area (Å²) < 4.78 is 0.997. The molecular weight excluding hydrogens is 430 g/mol. The minimum Gasteiger partial charge on any atom is -0.340 e. The van der Waals surface area contributed by atoms with Crippen LogP contribution in [-0.2, 0) is 0 Å². The van der Waals surface area contributed by atoms with E-state index in [1.54, 1.807) is 24.5 Å². The van der Waals surface area contributed by atoms with Crippen molar-refractivity contribution in [2.45, 2.75) is 12.5 Å². The van der Waals surface area contributed by atoms with Crippen LogP contribution in [0.2, 0.25) is 0 Å². The summed E-state index contributed by atoms with van der Waals surface area (Å²) in [7, 11) is 0. The largest absolute Gasteiger partial charge is 0.340 e. The molecule has 3 heterocycles. The number of benzene rings is 2. The number of halogens is 1. The zero-order valence-electron chi connectivity index (χ0n) is 15.3. The van der Waals surface area contributed by atoms with Gasteiger partial charge in [0.2, 0.25) is 0 Å². The number of fused-ring (bicyclic) bond motifs is 1. The summed E-state index contributed by atoms with van der Waals surface area (Å²) >= 11 is 3.46. The molecule has 0 saturated heterocycles. The molecule has 7 heteroatoms. The summed E-state index contributed by atoms with van der Waals surface area (Å²) in [5, 5.41) is 6.21. The number of carbonyl (C=O) groups excluding carboxylic acids is 1. The van der Waals surface area contributed by atoms with Crippen molar-refractivity contribution in [1.29, 1.82) is 0 Å². The highest BCUT2D eigenvalue weighted by Gasteiger charge is 2.35. The molecule has 0 bridgehead atoms. The van der Waals surface area contributed by atoms with Crippen molar-refractivity contribution in [2.24, 2.45) is 5.10 Å². The van der Waals surface area contributed by atoms with Crippen LogP contribution in [0.15, 0.2) is 82.6 Å². The number of nitrogens with one attached hydrogen (secondary N) is 1. The lowest BCUT2D eigenvalue weighted by Gasteiger charge is -2.19. The lowest BCUT2D eigenvalue weighted by atomic mass is 10.0. The average molecular weight is 446 g/mol. The Morgan fingerprint density at radius 3 is 2.66 bits per heavy atom. The van der Waals surface area contributed by atoms with Crippen LogP contribution in [0.25, 0.3) is 11.0 Å². The summed E-state index contributed by atoms with van der Waals surface area (Å²) in [6, 6.07) is 19.0. The fourth-order valence-electron chi connectivity index (χ4n) is 3.48. The van der Waals surface area contributed by atoms with Crippen LogP contribution in [0.5, 0.6) is 0 Å². The molecule has 1 N–H and O–H groups in total. The summed E-state index contributed by atoms with van der Waals surface area (Å²) in [6.45, 7) is 0. The number of hydrazone groups is 1. The van der Waals surface area contributed by atoms with Gasteiger partial charge in [-0.3, -0.25) is 9.78 Å². The molecule has 0 saturated carbocycles.